The highest BCUT2D eigenvalue weighted by molar-refractivity contribution is 7.12. The summed E-state index contributed by atoms with van der Waals surface area (Å²) in [7, 11) is 2.03. The van der Waals surface area contributed by atoms with Crippen molar-refractivity contribution >= 4 is 34.2 Å². The summed E-state index contributed by atoms with van der Waals surface area (Å²) in [5.41, 5.74) is 2.10. The summed E-state index contributed by atoms with van der Waals surface area (Å²) in [6.07, 6.45) is 1.96. The molecule has 2 aromatic heterocycles. The van der Waals surface area contributed by atoms with E-state index in [0.29, 0.717) is 11.4 Å². The summed E-state index contributed by atoms with van der Waals surface area (Å²) in [4.78, 5) is 31.9. The first-order valence-corrected chi connectivity index (χ1v) is 10.0. The first-order chi connectivity index (χ1) is 13.1. The van der Waals surface area contributed by atoms with Gasteiger partial charge in [-0.2, -0.15) is 0 Å². The number of likely N-dealkylation sites (tertiary alicyclic amines) is 1. The van der Waals surface area contributed by atoms with E-state index < -0.39 is 0 Å². The maximum absolute atomic E-state index is 12.6. The number of hydrogen-bond donors (Lipinski definition) is 1. The second-order valence-corrected chi connectivity index (χ2v) is 7.80. The molecule has 0 spiro atoms. The molecule has 1 saturated heterocycles. The number of fused-ring (bicyclic) bond motifs is 1. The van der Waals surface area contributed by atoms with Crippen molar-refractivity contribution in [2.75, 3.05) is 19.6 Å². The zero-order valence-electron chi connectivity index (χ0n) is 15.2. The van der Waals surface area contributed by atoms with Crippen molar-refractivity contribution in [3.63, 3.8) is 0 Å². The lowest BCUT2D eigenvalue weighted by atomic mass is 9.97. The van der Waals surface area contributed by atoms with Gasteiger partial charge in [0.05, 0.1) is 22.5 Å². The number of benzene rings is 1. The third kappa shape index (κ3) is 3.60. The van der Waals surface area contributed by atoms with Crippen LogP contribution in [0.1, 0.15) is 34.3 Å². The number of nitrogens with zero attached hydrogens (tertiary/aromatic N) is 3. The first kappa shape index (κ1) is 17.7. The number of rotatable bonds is 4. The molecule has 27 heavy (non-hydrogen) atoms. The summed E-state index contributed by atoms with van der Waals surface area (Å²) in [5, 5.41) is 4.58. The number of amides is 2. The SMILES string of the molecule is Cn1c(C2CCCN(C(=O)CNC(=O)c3cccs3)C2)nc2ccccc21. The van der Waals surface area contributed by atoms with Crippen LogP contribution in [0.2, 0.25) is 0 Å². The molecule has 0 saturated carbocycles. The molecular weight excluding hydrogens is 360 g/mol. The summed E-state index contributed by atoms with van der Waals surface area (Å²) in [6.45, 7) is 1.41. The number of thiophene rings is 1. The highest BCUT2D eigenvalue weighted by Gasteiger charge is 2.28. The number of para-hydroxylation sites is 2. The Morgan fingerprint density at radius 2 is 2.11 bits per heavy atom. The first-order valence-electron chi connectivity index (χ1n) is 9.14. The van der Waals surface area contributed by atoms with E-state index in [1.54, 1.807) is 6.07 Å². The highest BCUT2D eigenvalue weighted by Crippen LogP contribution is 2.28. The third-order valence-electron chi connectivity index (χ3n) is 5.11. The van der Waals surface area contributed by atoms with Gasteiger partial charge in [0.15, 0.2) is 0 Å². The van der Waals surface area contributed by atoms with Gasteiger partial charge in [0, 0.05) is 26.1 Å². The number of piperidine rings is 1. The molecule has 3 aromatic rings. The largest absolute Gasteiger partial charge is 0.342 e. The average molecular weight is 382 g/mol. The molecule has 1 unspecified atom stereocenters. The molecule has 4 rings (SSSR count). The molecule has 0 aliphatic carbocycles. The molecule has 1 aliphatic heterocycles. The van der Waals surface area contributed by atoms with Crippen LogP contribution in [0.15, 0.2) is 41.8 Å². The van der Waals surface area contributed by atoms with Crippen molar-refractivity contribution in [3.8, 4) is 0 Å². The molecule has 1 fully saturated rings. The lowest BCUT2D eigenvalue weighted by molar-refractivity contribution is -0.131. The summed E-state index contributed by atoms with van der Waals surface area (Å²) in [5.74, 6) is 1.01. The van der Waals surface area contributed by atoms with Crippen molar-refractivity contribution < 1.29 is 9.59 Å². The van der Waals surface area contributed by atoms with Crippen LogP contribution in [0.5, 0.6) is 0 Å². The fourth-order valence-corrected chi connectivity index (χ4v) is 4.35. The van der Waals surface area contributed by atoms with Gasteiger partial charge in [-0.25, -0.2) is 4.98 Å². The molecule has 1 N–H and O–H groups in total. The summed E-state index contributed by atoms with van der Waals surface area (Å²) >= 11 is 1.37. The molecule has 2 amide bonds. The molecule has 140 valence electrons. The fraction of sp³-hybridized carbons (Fsp3) is 0.350. The number of imidazole rings is 1. The molecule has 1 aliphatic rings. The van der Waals surface area contributed by atoms with Crippen LogP contribution in [0.25, 0.3) is 11.0 Å². The van der Waals surface area contributed by atoms with E-state index in [-0.39, 0.29) is 24.3 Å². The van der Waals surface area contributed by atoms with E-state index >= 15 is 0 Å². The van der Waals surface area contributed by atoms with Crippen molar-refractivity contribution in [1.29, 1.82) is 0 Å². The van der Waals surface area contributed by atoms with Crippen LogP contribution >= 0.6 is 11.3 Å². The number of carbonyl (C=O) groups excluding carboxylic acids is 2. The number of hydrogen-bond acceptors (Lipinski definition) is 4. The van der Waals surface area contributed by atoms with E-state index in [2.05, 4.69) is 16.0 Å². The highest BCUT2D eigenvalue weighted by atomic mass is 32.1. The molecule has 6 nitrogen and oxygen atoms in total. The van der Waals surface area contributed by atoms with Gasteiger partial charge in [-0.1, -0.05) is 18.2 Å². The average Bonchev–Trinajstić information content (AvgIpc) is 3.35. The minimum absolute atomic E-state index is 0.0337. The number of nitrogens with one attached hydrogen (secondary N) is 1. The Balaban J connectivity index is 1.42. The Hall–Kier alpha value is -2.67. The van der Waals surface area contributed by atoms with E-state index in [4.69, 9.17) is 4.98 Å². The number of carbonyl (C=O) groups is 2. The Bertz CT molecular complexity index is 964. The van der Waals surface area contributed by atoms with Gasteiger partial charge in [0.25, 0.3) is 5.91 Å². The minimum atomic E-state index is -0.192. The van der Waals surface area contributed by atoms with Crippen LogP contribution in [0.4, 0.5) is 0 Å². The standard InChI is InChI=1S/C20H22N4O2S/c1-23-16-8-3-2-7-15(16)22-19(23)14-6-4-10-24(13-14)18(25)12-21-20(26)17-9-5-11-27-17/h2-3,5,7-9,11,14H,4,6,10,12-13H2,1H3,(H,21,26). The maximum atomic E-state index is 12.6. The smallest absolute Gasteiger partial charge is 0.261 e. The Labute approximate surface area is 161 Å². The van der Waals surface area contributed by atoms with Crippen LogP contribution in [-0.4, -0.2) is 45.9 Å². The quantitative estimate of drug-likeness (QED) is 0.754. The topological polar surface area (TPSA) is 67.2 Å². The van der Waals surface area contributed by atoms with Gasteiger partial charge in [-0.15, -0.1) is 11.3 Å². The molecule has 3 heterocycles. The van der Waals surface area contributed by atoms with E-state index in [1.165, 1.54) is 11.3 Å². The molecule has 7 heteroatoms. The van der Waals surface area contributed by atoms with Crippen molar-refractivity contribution in [2.45, 2.75) is 18.8 Å². The minimum Gasteiger partial charge on any atom is -0.342 e. The second-order valence-electron chi connectivity index (χ2n) is 6.86. The number of aromatic nitrogens is 2. The van der Waals surface area contributed by atoms with Gasteiger partial charge < -0.3 is 14.8 Å². The zero-order chi connectivity index (χ0) is 18.8. The molecule has 1 atom stereocenters. The summed E-state index contributed by atoms with van der Waals surface area (Å²) < 4.78 is 2.13. The lowest BCUT2D eigenvalue weighted by Gasteiger charge is -2.32. The van der Waals surface area contributed by atoms with Crippen molar-refractivity contribution in [1.82, 2.24) is 19.8 Å². The zero-order valence-corrected chi connectivity index (χ0v) is 16.0. The molecule has 0 bridgehead atoms. The normalized spacial score (nSPS) is 17.2. The summed E-state index contributed by atoms with van der Waals surface area (Å²) in [6, 6.07) is 11.7. The van der Waals surface area contributed by atoms with E-state index in [1.807, 2.05) is 41.6 Å². The molecule has 0 radical (unpaired) electrons. The Morgan fingerprint density at radius 3 is 2.89 bits per heavy atom. The predicted octanol–water partition coefficient (Wildman–Crippen LogP) is 2.77. The number of aryl methyl sites for hydroxylation is 1. The second kappa shape index (κ2) is 7.52. The molecule has 1 aromatic carbocycles. The Kier molecular flexibility index (Phi) is 4.94. The van der Waals surface area contributed by atoms with Gasteiger partial charge >= 0.3 is 0 Å². The van der Waals surface area contributed by atoms with Crippen LogP contribution in [0, 0.1) is 0 Å². The third-order valence-corrected chi connectivity index (χ3v) is 5.97. The maximum Gasteiger partial charge on any atom is 0.261 e. The van der Waals surface area contributed by atoms with Gasteiger partial charge in [-0.05, 0) is 36.4 Å². The van der Waals surface area contributed by atoms with Crippen LogP contribution in [-0.2, 0) is 11.8 Å². The van der Waals surface area contributed by atoms with Gasteiger partial charge in [0.2, 0.25) is 5.91 Å². The predicted molar refractivity (Wildman–Crippen MR) is 106 cm³/mol. The fourth-order valence-electron chi connectivity index (χ4n) is 3.71. The van der Waals surface area contributed by atoms with Gasteiger partial charge in [0.1, 0.15) is 5.82 Å². The monoisotopic (exact) mass is 382 g/mol. The molecular formula is C20H22N4O2S. The van der Waals surface area contributed by atoms with Crippen molar-refractivity contribution in [3.05, 3.63) is 52.5 Å². The Morgan fingerprint density at radius 1 is 1.26 bits per heavy atom. The van der Waals surface area contributed by atoms with Gasteiger partial charge in [-0.3, -0.25) is 9.59 Å². The lowest BCUT2D eigenvalue weighted by Crippen LogP contribution is -2.44. The van der Waals surface area contributed by atoms with E-state index in [9.17, 15) is 9.59 Å². The van der Waals surface area contributed by atoms with E-state index in [0.717, 1.165) is 36.2 Å². The van der Waals surface area contributed by atoms with Crippen LogP contribution in [0.3, 0.4) is 0 Å². The van der Waals surface area contributed by atoms with Crippen molar-refractivity contribution in [2.24, 2.45) is 7.05 Å². The van der Waals surface area contributed by atoms with Crippen LogP contribution < -0.4 is 5.32 Å².